The molecule has 0 spiro atoms. The number of benzene rings is 1. The van der Waals surface area contributed by atoms with Gasteiger partial charge in [-0.1, -0.05) is 22.9 Å². The number of nitrogens with two attached hydrogens (primary N) is 1. The Balaban J connectivity index is 3.11. The van der Waals surface area contributed by atoms with E-state index in [2.05, 4.69) is 20.8 Å². The van der Waals surface area contributed by atoms with Crippen molar-refractivity contribution in [1.82, 2.24) is 0 Å². The molecular weight excluding hydrogens is 265 g/mol. The molecule has 0 radical (unpaired) electrons. The highest BCUT2D eigenvalue weighted by Gasteiger charge is 2.23. The lowest BCUT2D eigenvalue weighted by molar-refractivity contribution is -0.146. The first-order chi connectivity index (χ1) is 7.10. The van der Waals surface area contributed by atoms with E-state index in [0.717, 1.165) is 0 Å². The third kappa shape index (κ3) is 2.76. The Morgan fingerprint density at radius 3 is 2.87 bits per heavy atom. The molecule has 1 unspecified atom stereocenters. The van der Waals surface area contributed by atoms with Crippen LogP contribution in [0.25, 0.3) is 0 Å². The van der Waals surface area contributed by atoms with Gasteiger partial charge in [0.25, 0.3) is 0 Å². The van der Waals surface area contributed by atoms with Crippen LogP contribution < -0.4 is 5.90 Å². The summed E-state index contributed by atoms with van der Waals surface area (Å²) in [4.78, 5) is 15.4. The molecule has 0 aliphatic heterocycles. The largest absolute Gasteiger partial charge is 0.373 e. The minimum atomic E-state index is -0.660. The predicted molar refractivity (Wildman–Crippen MR) is 57.4 cm³/mol. The highest BCUT2D eigenvalue weighted by atomic mass is 79.9. The van der Waals surface area contributed by atoms with E-state index in [9.17, 15) is 9.18 Å². The Morgan fingerprint density at radius 2 is 2.33 bits per heavy atom. The number of hydrogen-bond acceptors (Lipinski definition) is 3. The van der Waals surface area contributed by atoms with Gasteiger partial charge in [-0.25, -0.2) is 9.18 Å². The molecule has 3 nitrogen and oxygen atoms in total. The number of halogens is 2. The fourth-order valence-corrected chi connectivity index (χ4v) is 1.76. The smallest absolute Gasteiger partial charge is 0.331 e. The van der Waals surface area contributed by atoms with E-state index in [0.29, 0.717) is 16.5 Å². The summed E-state index contributed by atoms with van der Waals surface area (Å²) in [5.41, 5.74) is 0.294. The fourth-order valence-electron chi connectivity index (χ4n) is 1.38. The summed E-state index contributed by atoms with van der Waals surface area (Å²) in [7, 11) is 0. The normalized spacial score (nSPS) is 12.3. The molecule has 1 aromatic carbocycles. The van der Waals surface area contributed by atoms with Crippen molar-refractivity contribution >= 4 is 21.9 Å². The van der Waals surface area contributed by atoms with Crippen molar-refractivity contribution in [2.24, 2.45) is 5.90 Å². The molecule has 0 amide bonds. The van der Waals surface area contributed by atoms with Gasteiger partial charge in [-0.15, -0.1) is 0 Å². The molecule has 0 saturated heterocycles. The Kier molecular flexibility index (Phi) is 4.23. The van der Waals surface area contributed by atoms with Gasteiger partial charge in [-0.2, -0.15) is 5.90 Å². The van der Waals surface area contributed by atoms with Crippen LogP contribution in [0.2, 0.25) is 0 Å². The average molecular weight is 276 g/mol. The van der Waals surface area contributed by atoms with Gasteiger partial charge in [0.1, 0.15) is 5.82 Å². The number of carbonyl (C=O) groups is 1. The van der Waals surface area contributed by atoms with E-state index in [1.54, 1.807) is 19.1 Å². The van der Waals surface area contributed by atoms with Crippen molar-refractivity contribution in [3.05, 3.63) is 34.1 Å². The van der Waals surface area contributed by atoms with Crippen LogP contribution in [0.15, 0.2) is 22.7 Å². The SMILES string of the molecule is CCC(C(=O)ON)c1cc(Br)ccc1F. The fraction of sp³-hybridized carbons (Fsp3) is 0.300. The lowest BCUT2D eigenvalue weighted by atomic mass is 9.96. The van der Waals surface area contributed by atoms with Crippen molar-refractivity contribution in [2.45, 2.75) is 19.3 Å². The maximum Gasteiger partial charge on any atom is 0.331 e. The average Bonchev–Trinajstić information content (AvgIpc) is 2.23. The summed E-state index contributed by atoms with van der Waals surface area (Å²) in [5, 5.41) is 0. The van der Waals surface area contributed by atoms with Gasteiger partial charge in [0.15, 0.2) is 0 Å². The van der Waals surface area contributed by atoms with Crippen LogP contribution in [-0.4, -0.2) is 5.97 Å². The predicted octanol–water partition coefficient (Wildman–Crippen LogP) is 2.50. The van der Waals surface area contributed by atoms with E-state index >= 15 is 0 Å². The van der Waals surface area contributed by atoms with Crippen molar-refractivity contribution in [1.29, 1.82) is 0 Å². The topological polar surface area (TPSA) is 52.3 Å². The summed E-state index contributed by atoms with van der Waals surface area (Å²) in [5.74, 6) is 3.07. The molecule has 0 aliphatic rings. The van der Waals surface area contributed by atoms with Gasteiger partial charge in [-0.05, 0) is 24.6 Å². The summed E-state index contributed by atoms with van der Waals surface area (Å²) < 4.78 is 14.1. The molecular formula is C10H11BrFNO2. The number of rotatable bonds is 3. The molecule has 2 N–H and O–H groups in total. The second-order valence-corrected chi connectivity index (χ2v) is 3.98. The second kappa shape index (κ2) is 5.23. The Morgan fingerprint density at radius 1 is 1.67 bits per heavy atom. The van der Waals surface area contributed by atoms with Crippen LogP contribution in [0.5, 0.6) is 0 Å². The van der Waals surface area contributed by atoms with E-state index in [1.807, 2.05) is 0 Å². The van der Waals surface area contributed by atoms with Gasteiger partial charge < -0.3 is 4.84 Å². The third-order valence-electron chi connectivity index (χ3n) is 2.14. The minimum absolute atomic E-state index is 0.294. The zero-order chi connectivity index (χ0) is 11.4. The standard InChI is InChI=1S/C10H11BrFNO2/c1-2-7(10(14)15-13)8-5-6(11)3-4-9(8)12/h3-5,7H,2,13H2,1H3. The van der Waals surface area contributed by atoms with Crippen LogP contribution in [0, 0.1) is 5.82 Å². The first-order valence-electron chi connectivity index (χ1n) is 4.45. The molecule has 0 heterocycles. The summed E-state index contributed by atoms with van der Waals surface area (Å²) in [6.07, 6.45) is 0.434. The van der Waals surface area contributed by atoms with Crippen LogP contribution in [0.1, 0.15) is 24.8 Å². The van der Waals surface area contributed by atoms with Crippen LogP contribution in [0.3, 0.4) is 0 Å². The summed E-state index contributed by atoms with van der Waals surface area (Å²) in [6, 6.07) is 4.42. The van der Waals surface area contributed by atoms with E-state index < -0.39 is 17.7 Å². The lowest BCUT2D eigenvalue weighted by Crippen LogP contribution is -2.19. The van der Waals surface area contributed by atoms with Gasteiger partial charge in [-0.3, -0.25) is 0 Å². The van der Waals surface area contributed by atoms with Crippen LogP contribution >= 0.6 is 15.9 Å². The molecule has 15 heavy (non-hydrogen) atoms. The molecule has 1 atom stereocenters. The number of hydrogen-bond donors (Lipinski definition) is 1. The van der Waals surface area contributed by atoms with Crippen molar-refractivity contribution in [3.63, 3.8) is 0 Å². The van der Waals surface area contributed by atoms with Crippen LogP contribution in [0.4, 0.5) is 4.39 Å². The van der Waals surface area contributed by atoms with Crippen molar-refractivity contribution < 1.29 is 14.0 Å². The third-order valence-corrected chi connectivity index (χ3v) is 2.64. The maximum absolute atomic E-state index is 13.4. The molecule has 1 aromatic rings. The zero-order valence-corrected chi connectivity index (χ0v) is 9.75. The molecule has 0 saturated carbocycles. The zero-order valence-electron chi connectivity index (χ0n) is 8.17. The molecule has 0 aromatic heterocycles. The number of carbonyl (C=O) groups excluding carboxylic acids is 1. The summed E-state index contributed by atoms with van der Waals surface area (Å²) >= 11 is 3.21. The van der Waals surface area contributed by atoms with E-state index in [-0.39, 0.29) is 0 Å². The van der Waals surface area contributed by atoms with Gasteiger partial charge >= 0.3 is 5.97 Å². The van der Waals surface area contributed by atoms with E-state index in [1.165, 1.54) is 6.07 Å². The van der Waals surface area contributed by atoms with Crippen molar-refractivity contribution in [2.75, 3.05) is 0 Å². The van der Waals surface area contributed by atoms with Gasteiger partial charge in [0, 0.05) is 10.0 Å². The van der Waals surface area contributed by atoms with Crippen LogP contribution in [-0.2, 0) is 9.63 Å². The first-order valence-corrected chi connectivity index (χ1v) is 5.25. The van der Waals surface area contributed by atoms with Gasteiger partial charge in [0.2, 0.25) is 0 Å². The summed E-state index contributed by atoms with van der Waals surface area (Å²) in [6.45, 7) is 1.77. The Hall–Kier alpha value is -0.940. The highest BCUT2D eigenvalue weighted by molar-refractivity contribution is 9.10. The molecule has 0 bridgehead atoms. The highest BCUT2D eigenvalue weighted by Crippen LogP contribution is 2.26. The molecule has 1 rings (SSSR count). The van der Waals surface area contributed by atoms with Crippen molar-refractivity contribution in [3.8, 4) is 0 Å². The molecule has 0 aliphatic carbocycles. The second-order valence-electron chi connectivity index (χ2n) is 3.06. The lowest BCUT2D eigenvalue weighted by Gasteiger charge is -2.13. The maximum atomic E-state index is 13.4. The monoisotopic (exact) mass is 275 g/mol. The Bertz CT molecular complexity index is 370. The minimum Gasteiger partial charge on any atom is -0.373 e. The van der Waals surface area contributed by atoms with Gasteiger partial charge in [0.05, 0.1) is 5.92 Å². The Labute approximate surface area is 95.5 Å². The first kappa shape index (κ1) is 12.1. The van der Waals surface area contributed by atoms with E-state index in [4.69, 9.17) is 5.90 Å². The molecule has 5 heteroatoms. The molecule has 82 valence electrons. The quantitative estimate of drug-likeness (QED) is 0.863. The molecule has 0 fully saturated rings.